The molecule has 77 valence electrons. The van der Waals surface area contributed by atoms with Crippen LogP contribution in [0.4, 0.5) is 0 Å². The van der Waals surface area contributed by atoms with Gasteiger partial charge in [-0.25, -0.2) is 5.11 Å². The molecule has 1 rings (SSSR count). The summed E-state index contributed by atoms with van der Waals surface area (Å²) in [5.41, 5.74) is 0. The third kappa shape index (κ3) is 4.12. The zero-order valence-electron chi connectivity index (χ0n) is 8.93. The van der Waals surface area contributed by atoms with E-state index < -0.39 is 0 Å². The number of hydrogen-bond acceptors (Lipinski definition) is 0. The quantitative estimate of drug-likeness (QED) is 0.578. The minimum atomic E-state index is 0.168. The first kappa shape index (κ1) is 11.0. The highest BCUT2D eigenvalue weighted by molar-refractivity contribution is 4.71. The molecule has 0 amide bonds. The van der Waals surface area contributed by atoms with Crippen molar-refractivity contribution in [3.8, 4) is 0 Å². The Labute approximate surface area is 82.5 Å². The Morgan fingerprint density at radius 2 is 1.62 bits per heavy atom. The van der Waals surface area contributed by atoms with Gasteiger partial charge in [-0.3, -0.25) is 0 Å². The Kier molecular flexibility index (Phi) is 5.45. The molecule has 0 bridgehead atoms. The van der Waals surface area contributed by atoms with Gasteiger partial charge in [-0.05, 0) is 24.7 Å². The number of rotatable bonds is 5. The van der Waals surface area contributed by atoms with Gasteiger partial charge in [-0.1, -0.05) is 45.4 Å². The summed E-state index contributed by atoms with van der Waals surface area (Å²) >= 11 is 0. The molecule has 0 aromatic heterocycles. The molecule has 0 spiro atoms. The van der Waals surface area contributed by atoms with Gasteiger partial charge >= 0.3 is 0 Å². The molecule has 1 heteroatoms. The molecule has 0 unspecified atom stereocenters. The average molecular weight is 183 g/mol. The second-order valence-electron chi connectivity index (χ2n) is 4.55. The van der Waals surface area contributed by atoms with Crippen LogP contribution in [0.25, 0.3) is 0 Å². The van der Waals surface area contributed by atoms with E-state index >= 15 is 0 Å². The van der Waals surface area contributed by atoms with Gasteiger partial charge in [0.05, 0.1) is 6.61 Å². The van der Waals surface area contributed by atoms with E-state index in [4.69, 9.17) is 0 Å². The highest BCUT2D eigenvalue weighted by atomic mass is 16.3. The molecule has 1 nitrogen and oxygen atoms in total. The highest BCUT2D eigenvalue weighted by Crippen LogP contribution is 2.31. The molecule has 0 atom stereocenters. The van der Waals surface area contributed by atoms with E-state index in [0.717, 1.165) is 5.92 Å². The highest BCUT2D eigenvalue weighted by Gasteiger charge is 2.20. The molecule has 1 radical (unpaired) electrons. The molecule has 1 saturated carbocycles. The normalized spacial score (nSPS) is 29.1. The maximum absolute atomic E-state index is 10.7. The van der Waals surface area contributed by atoms with E-state index in [2.05, 4.69) is 6.92 Å². The summed E-state index contributed by atoms with van der Waals surface area (Å²) in [6, 6.07) is 0. The fraction of sp³-hybridized carbons (Fsp3) is 1.00. The zero-order chi connectivity index (χ0) is 9.52. The van der Waals surface area contributed by atoms with Gasteiger partial charge in [0.15, 0.2) is 0 Å². The summed E-state index contributed by atoms with van der Waals surface area (Å²) in [5.74, 6) is 1.47. The van der Waals surface area contributed by atoms with Crippen LogP contribution in [-0.2, 0) is 5.11 Å². The predicted molar refractivity (Wildman–Crippen MR) is 55.1 cm³/mol. The van der Waals surface area contributed by atoms with Crippen LogP contribution in [0.5, 0.6) is 0 Å². The van der Waals surface area contributed by atoms with Crippen LogP contribution in [0.1, 0.15) is 58.3 Å². The Bertz CT molecular complexity index is 112. The van der Waals surface area contributed by atoms with Gasteiger partial charge < -0.3 is 0 Å². The molecule has 0 aliphatic heterocycles. The van der Waals surface area contributed by atoms with E-state index in [1.807, 2.05) is 0 Å². The zero-order valence-corrected chi connectivity index (χ0v) is 8.93. The molecule has 0 saturated heterocycles. The van der Waals surface area contributed by atoms with Crippen molar-refractivity contribution in [2.24, 2.45) is 11.8 Å². The summed E-state index contributed by atoms with van der Waals surface area (Å²) in [7, 11) is 0. The van der Waals surface area contributed by atoms with Gasteiger partial charge in [0.2, 0.25) is 0 Å². The summed E-state index contributed by atoms with van der Waals surface area (Å²) in [6.07, 6.45) is 10.6. The Hall–Kier alpha value is -0.0400. The van der Waals surface area contributed by atoms with Crippen molar-refractivity contribution in [3.63, 3.8) is 0 Å². The van der Waals surface area contributed by atoms with Crippen LogP contribution in [0.3, 0.4) is 0 Å². The average Bonchev–Trinajstić information content (AvgIpc) is 2.19. The van der Waals surface area contributed by atoms with E-state index in [1.165, 1.54) is 51.4 Å². The smallest absolute Gasteiger partial charge is 0.0850 e. The number of hydrogen-bond donors (Lipinski definition) is 0. The third-order valence-corrected chi connectivity index (χ3v) is 3.42. The molecule has 1 fully saturated rings. The number of unbranched alkanes of at least 4 members (excludes halogenated alkanes) is 2. The van der Waals surface area contributed by atoms with E-state index in [-0.39, 0.29) is 6.61 Å². The summed E-state index contributed by atoms with van der Waals surface area (Å²) < 4.78 is 0. The van der Waals surface area contributed by atoms with Crippen LogP contribution in [-0.4, -0.2) is 6.61 Å². The lowest BCUT2D eigenvalue weighted by Gasteiger charge is -2.26. The predicted octanol–water partition coefficient (Wildman–Crippen LogP) is 3.80. The van der Waals surface area contributed by atoms with Crippen molar-refractivity contribution in [2.45, 2.75) is 58.3 Å². The lowest BCUT2D eigenvalue weighted by Crippen LogP contribution is -2.16. The second-order valence-corrected chi connectivity index (χ2v) is 4.55. The lowest BCUT2D eigenvalue weighted by molar-refractivity contribution is 0.108. The summed E-state index contributed by atoms with van der Waals surface area (Å²) in [6.45, 7) is 2.43. The largest absolute Gasteiger partial charge is 0.236 e. The first-order chi connectivity index (χ1) is 6.36. The SMILES string of the molecule is CCCCCC1CCC(C[O])CC1. The van der Waals surface area contributed by atoms with Gasteiger partial charge in [-0.2, -0.15) is 0 Å². The lowest BCUT2D eigenvalue weighted by atomic mass is 9.80. The maximum Gasteiger partial charge on any atom is 0.0850 e. The standard InChI is InChI=1S/C12H23O/c1-2-3-4-5-11-6-8-12(10-13)9-7-11/h11-12H,2-10H2,1H3. The van der Waals surface area contributed by atoms with Gasteiger partial charge in [0.25, 0.3) is 0 Å². The summed E-state index contributed by atoms with van der Waals surface area (Å²) in [4.78, 5) is 0. The van der Waals surface area contributed by atoms with Crippen molar-refractivity contribution in [2.75, 3.05) is 6.61 Å². The van der Waals surface area contributed by atoms with E-state index in [9.17, 15) is 5.11 Å². The molecule has 0 heterocycles. The summed E-state index contributed by atoms with van der Waals surface area (Å²) in [5, 5.41) is 10.7. The van der Waals surface area contributed by atoms with Crippen molar-refractivity contribution in [1.82, 2.24) is 0 Å². The third-order valence-electron chi connectivity index (χ3n) is 3.42. The van der Waals surface area contributed by atoms with Crippen LogP contribution in [0.15, 0.2) is 0 Å². The van der Waals surface area contributed by atoms with Gasteiger partial charge in [0.1, 0.15) is 0 Å². The monoisotopic (exact) mass is 183 g/mol. The second kappa shape index (κ2) is 6.42. The minimum absolute atomic E-state index is 0.168. The molecular formula is C12H23O. The van der Waals surface area contributed by atoms with Crippen molar-refractivity contribution in [1.29, 1.82) is 0 Å². The van der Waals surface area contributed by atoms with Gasteiger partial charge in [0, 0.05) is 0 Å². The van der Waals surface area contributed by atoms with Gasteiger partial charge in [-0.15, -0.1) is 0 Å². The molecule has 13 heavy (non-hydrogen) atoms. The van der Waals surface area contributed by atoms with Crippen LogP contribution < -0.4 is 0 Å². The Morgan fingerprint density at radius 1 is 1.00 bits per heavy atom. The maximum atomic E-state index is 10.7. The van der Waals surface area contributed by atoms with Crippen molar-refractivity contribution < 1.29 is 5.11 Å². The molecular weight excluding hydrogens is 160 g/mol. The molecule has 1 aliphatic rings. The molecule has 0 aromatic rings. The first-order valence-corrected chi connectivity index (χ1v) is 5.95. The fourth-order valence-corrected chi connectivity index (χ4v) is 2.37. The van der Waals surface area contributed by atoms with Crippen LogP contribution in [0.2, 0.25) is 0 Å². The molecule has 0 aromatic carbocycles. The first-order valence-electron chi connectivity index (χ1n) is 5.95. The molecule has 0 N–H and O–H groups in total. The van der Waals surface area contributed by atoms with E-state index in [1.54, 1.807) is 0 Å². The topological polar surface area (TPSA) is 19.9 Å². The Morgan fingerprint density at radius 3 is 2.15 bits per heavy atom. The van der Waals surface area contributed by atoms with Crippen molar-refractivity contribution in [3.05, 3.63) is 0 Å². The minimum Gasteiger partial charge on any atom is -0.236 e. The van der Waals surface area contributed by atoms with Crippen molar-refractivity contribution >= 4 is 0 Å². The van der Waals surface area contributed by atoms with Crippen LogP contribution >= 0.6 is 0 Å². The van der Waals surface area contributed by atoms with E-state index in [0.29, 0.717) is 5.92 Å². The fourth-order valence-electron chi connectivity index (χ4n) is 2.37. The Balaban J connectivity index is 2.03. The molecule has 1 aliphatic carbocycles. The van der Waals surface area contributed by atoms with Crippen LogP contribution in [0, 0.1) is 11.8 Å².